The van der Waals surface area contributed by atoms with Crippen molar-refractivity contribution >= 4 is 40.0 Å². The highest BCUT2D eigenvalue weighted by atomic mass is 35.5. The number of carbonyl (C=O) groups excluding carboxylic acids is 1. The van der Waals surface area contributed by atoms with Gasteiger partial charge in [0.15, 0.2) is 11.3 Å². The lowest BCUT2D eigenvalue weighted by molar-refractivity contribution is -0.384. The number of hydrogen-bond acceptors (Lipinski definition) is 8. The van der Waals surface area contributed by atoms with Gasteiger partial charge in [-0.15, -0.1) is 0 Å². The molecule has 37 heavy (non-hydrogen) atoms. The summed E-state index contributed by atoms with van der Waals surface area (Å²) in [6.45, 7) is 0. The Kier molecular flexibility index (Phi) is 6.24. The second kappa shape index (κ2) is 9.67. The number of carbonyl (C=O) groups is 1. The minimum atomic E-state index is -0.540. The summed E-state index contributed by atoms with van der Waals surface area (Å²) in [6, 6.07) is 17.5. The van der Waals surface area contributed by atoms with Crippen LogP contribution in [0.5, 0.6) is 11.5 Å². The van der Waals surface area contributed by atoms with Crippen LogP contribution in [0.2, 0.25) is 5.02 Å². The van der Waals surface area contributed by atoms with Crippen molar-refractivity contribution in [1.82, 2.24) is 4.98 Å². The molecule has 0 spiro atoms. The van der Waals surface area contributed by atoms with Gasteiger partial charge in [0.25, 0.3) is 11.6 Å². The summed E-state index contributed by atoms with van der Waals surface area (Å²) in [7, 11) is 2.95. The summed E-state index contributed by atoms with van der Waals surface area (Å²) in [4.78, 5) is 28.3. The third kappa shape index (κ3) is 4.69. The number of furan rings is 1. The van der Waals surface area contributed by atoms with E-state index in [0.29, 0.717) is 44.8 Å². The maximum Gasteiger partial charge on any atom is 0.291 e. The largest absolute Gasteiger partial charge is 0.497 e. The second-order valence-corrected chi connectivity index (χ2v) is 8.22. The number of hydrogen-bond donors (Lipinski definition) is 1. The van der Waals surface area contributed by atoms with Gasteiger partial charge in [-0.2, -0.15) is 0 Å². The van der Waals surface area contributed by atoms with Crippen LogP contribution in [0.1, 0.15) is 10.6 Å². The SMILES string of the molecule is COc1ccc(-c2ccc(C(=O)Nc3ccc4oc(-c5ccc(OC)c(Cl)c5)nc4c3)o2)c([N+](=O)[O-])c1. The molecule has 3 aromatic carbocycles. The number of nitrogens with zero attached hydrogens (tertiary/aromatic N) is 2. The summed E-state index contributed by atoms with van der Waals surface area (Å²) >= 11 is 6.21. The molecule has 5 aromatic rings. The average Bonchev–Trinajstić information content (AvgIpc) is 3.56. The smallest absolute Gasteiger partial charge is 0.291 e. The third-order valence-corrected chi connectivity index (χ3v) is 5.84. The topological polar surface area (TPSA) is 130 Å². The molecule has 2 heterocycles. The molecule has 0 saturated heterocycles. The molecule has 2 aromatic heterocycles. The van der Waals surface area contributed by atoms with E-state index >= 15 is 0 Å². The van der Waals surface area contributed by atoms with Gasteiger partial charge in [0.05, 0.1) is 35.8 Å². The average molecular weight is 520 g/mol. The van der Waals surface area contributed by atoms with Crippen LogP contribution in [0.3, 0.4) is 0 Å². The normalized spacial score (nSPS) is 10.9. The molecule has 11 heteroatoms. The van der Waals surface area contributed by atoms with E-state index in [-0.39, 0.29) is 22.8 Å². The molecule has 0 unspecified atom stereocenters. The minimum absolute atomic E-state index is 0.0195. The summed E-state index contributed by atoms with van der Waals surface area (Å²) in [5, 5.41) is 14.7. The molecular weight excluding hydrogens is 502 g/mol. The monoisotopic (exact) mass is 519 g/mol. The van der Waals surface area contributed by atoms with E-state index in [1.54, 1.807) is 42.5 Å². The van der Waals surface area contributed by atoms with E-state index in [1.165, 1.54) is 38.5 Å². The standard InChI is InChI=1S/C26H18ClN3O7/c1-34-16-5-6-17(20(13-16)30(32)33)21-9-10-24(36-21)25(31)28-15-4-8-23-19(12-15)29-26(37-23)14-3-7-22(35-2)18(27)11-14/h3-13H,1-2H3,(H,28,31). The van der Waals surface area contributed by atoms with Crippen LogP contribution < -0.4 is 14.8 Å². The number of aromatic nitrogens is 1. The van der Waals surface area contributed by atoms with E-state index in [9.17, 15) is 14.9 Å². The molecule has 0 fully saturated rings. The molecule has 10 nitrogen and oxygen atoms in total. The van der Waals surface area contributed by atoms with E-state index < -0.39 is 10.8 Å². The van der Waals surface area contributed by atoms with E-state index in [1.807, 2.05) is 0 Å². The molecule has 0 aliphatic heterocycles. The number of anilines is 1. The maximum absolute atomic E-state index is 12.8. The van der Waals surface area contributed by atoms with Crippen molar-refractivity contribution in [2.45, 2.75) is 0 Å². The van der Waals surface area contributed by atoms with Crippen molar-refractivity contribution in [2.75, 3.05) is 19.5 Å². The van der Waals surface area contributed by atoms with Crippen molar-refractivity contribution in [2.24, 2.45) is 0 Å². The van der Waals surface area contributed by atoms with Gasteiger partial charge in [-0.05, 0) is 60.7 Å². The number of methoxy groups -OCH3 is 2. The van der Waals surface area contributed by atoms with E-state index in [2.05, 4.69) is 10.3 Å². The first-order valence-electron chi connectivity index (χ1n) is 10.8. The number of benzene rings is 3. The molecular formula is C26H18ClN3O7. The highest BCUT2D eigenvalue weighted by Crippen LogP contribution is 2.35. The van der Waals surface area contributed by atoms with Crippen LogP contribution >= 0.6 is 11.6 Å². The summed E-state index contributed by atoms with van der Waals surface area (Å²) in [5.74, 6) is 0.853. The third-order valence-electron chi connectivity index (χ3n) is 5.54. The lowest BCUT2D eigenvalue weighted by Crippen LogP contribution is -2.10. The number of oxazole rings is 1. The molecule has 0 bridgehead atoms. The number of rotatable bonds is 7. The predicted octanol–water partition coefficient (Wildman–Crippen LogP) is 6.59. The number of amides is 1. The number of fused-ring (bicyclic) bond motifs is 1. The summed E-state index contributed by atoms with van der Waals surface area (Å²) in [6.07, 6.45) is 0. The number of halogens is 1. The van der Waals surface area contributed by atoms with Crippen LogP contribution in [0, 0.1) is 10.1 Å². The number of nitro groups is 1. The van der Waals surface area contributed by atoms with Crippen molar-refractivity contribution in [3.8, 4) is 34.3 Å². The van der Waals surface area contributed by atoms with Gasteiger partial charge in [-0.25, -0.2) is 4.98 Å². The van der Waals surface area contributed by atoms with Crippen LogP contribution in [-0.2, 0) is 0 Å². The molecule has 5 rings (SSSR count). The van der Waals surface area contributed by atoms with Gasteiger partial charge in [-0.3, -0.25) is 14.9 Å². The number of nitro benzene ring substituents is 1. The lowest BCUT2D eigenvalue weighted by atomic mass is 10.1. The van der Waals surface area contributed by atoms with Gasteiger partial charge in [0.1, 0.15) is 22.8 Å². The van der Waals surface area contributed by atoms with Crippen molar-refractivity contribution in [3.05, 3.63) is 87.6 Å². The lowest BCUT2D eigenvalue weighted by Gasteiger charge is -2.04. The maximum atomic E-state index is 12.8. The molecule has 186 valence electrons. The predicted molar refractivity (Wildman–Crippen MR) is 136 cm³/mol. The quantitative estimate of drug-likeness (QED) is 0.188. The highest BCUT2D eigenvalue weighted by Gasteiger charge is 2.21. The Hall–Kier alpha value is -4.83. The fourth-order valence-electron chi connectivity index (χ4n) is 3.72. The Bertz CT molecular complexity index is 1660. The summed E-state index contributed by atoms with van der Waals surface area (Å²) in [5.41, 5.74) is 2.19. The molecule has 0 aliphatic rings. The minimum Gasteiger partial charge on any atom is -0.497 e. The van der Waals surface area contributed by atoms with E-state index in [4.69, 9.17) is 29.9 Å². The first-order valence-corrected chi connectivity index (χ1v) is 11.2. The Morgan fingerprint density at radius 2 is 1.84 bits per heavy atom. The van der Waals surface area contributed by atoms with Crippen molar-refractivity contribution in [1.29, 1.82) is 0 Å². The Morgan fingerprint density at radius 1 is 1.00 bits per heavy atom. The van der Waals surface area contributed by atoms with Gasteiger partial charge >= 0.3 is 0 Å². The molecule has 1 N–H and O–H groups in total. The Balaban J connectivity index is 1.37. The van der Waals surface area contributed by atoms with Crippen LogP contribution in [0.25, 0.3) is 33.9 Å². The van der Waals surface area contributed by atoms with Gasteiger partial charge in [-0.1, -0.05) is 11.6 Å². The molecule has 1 amide bonds. The molecule has 0 saturated carbocycles. The number of ether oxygens (including phenoxy) is 2. The zero-order valence-electron chi connectivity index (χ0n) is 19.5. The van der Waals surface area contributed by atoms with Gasteiger partial charge in [0.2, 0.25) is 5.89 Å². The molecule has 0 atom stereocenters. The van der Waals surface area contributed by atoms with Crippen molar-refractivity contribution < 1.29 is 28.0 Å². The van der Waals surface area contributed by atoms with Gasteiger partial charge in [0, 0.05) is 11.3 Å². The van der Waals surface area contributed by atoms with Crippen LogP contribution in [-0.4, -0.2) is 30.0 Å². The first-order chi connectivity index (χ1) is 17.9. The fraction of sp³-hybridized carbons (Fsp3) is 0.0769. The van der Waals surface area contributed by atoms with Crippen LogP contribution in [0.4, 0.5) is 11.4 Å². The highest BCUT2D eigenvalue weighted by molar-refractivity contribution is 6.32. The second-order valence-electron chi connectivity index (χ2n) is 7.81. The summed E-state index contributed by atoms with van der Waals surface area (Å²) < 4.78 is 21.7. The molecule has 0 aliphatic carbocycles. The Morgan fingerprint density at radius 3 is 2.57 bits per heavy atom. The van der Waals surface area contributed by atoms with Crippen molar-refractivity contribution in [3.63, 3.8) is 0 Å². The fourth-order valence-corrected chi connectivity index (χ4v) is 3.98. The van der Waals surface area contributed by atoms with E-state index in [0.717, 1.165) is 0 Å². The zero-order chi connectivity index (χ0) is 26.1. The van der Waals surface area contributed by atoms with Gasteiger partial charge < -0.3 is 23.6 Å². The van der Waals surface area contributed by atoms with Crippen LogP contribution in [0.15, 0.2) is 75.6 Å². The molecule has 0 radical (unpaired) electrons. The number of nitrogens with one attached hydrogen (secondary N) is 1. The first kappa shape index (κ1) is 23.9. The zero-order valence-corrected chi connectivity index (χ0v) is 20.2. The Labute approximate surface area is 214 Å².